The molecule has 0 radical (unpaired) electrons. The van der Waals surface area contributed by atoms with Crippen molar-refractivity contribution in [3.05, 3.63) is 86.3 Å². The minimum Gasteiger partial charge on any atom is -0.483 e. The van der Waals surface area contributed by atoms with E-state index in [2.05, 4.69) is 38.8 Å². The number of hydrogen-bond acceptors (Lipinski definition) is 4. The van der Waals surface area contributed by atoms with Crippen molar-refractivity contribution in [1.29, 1.82) is 0 Å². The highest BCUT2D eigenvalue weighted by Gasteiger charge is 2.31. The van der Waals surface area contributed by atoms with Crippen molar-refractivity contribution in [2.24, 2.45) is 0 Å². The third-order valence-corrected chi connectivity index (χ3v) is 7.94. The van der Waals surface area contributed by atoms with Crippen LogP contribution >= 0.6 is 43.5 Å². The minimum absolute atomic E-state index is 0.0415. The van der Waals surface area contributed by atoms with Crippen LogP contribution in [0.2, 0.25) is 5.02 Å². The zero-order valence-electron chi connectivity index (χ0n) is 17.8. The Balaban J connectivity index is 1.93. The molecule has 0 bridgehead atoms. The van der Waals surface area contributed by atoms with E-state index in [1.54, 1.807) is 30.3 Å². The van der Waals surface area contributed by atoms with Crippen LogP contribution in [0.25, 0.3) is 0 Å². The molecule has 1 amide bonds. The van der Waals surface area contributed by atoms with Crippen LogP contribution in [0.5, 0.6) is 5.75 Å². The molecule has 5 nitrogen and oxygen atoms in total. The molecule has 0 saturated heterocycles. The van der Waals surface area contributed by atoms with Gasteiger partial charge in [0.2, 0.25) is 0 Å². The van der Waals surface area contributed by atoms with E-state index < -0.39 is 22.5 Å². The van der Waals surface area contributed by atoms with Gasteiger partial charge in [-0.2, -0.15) is 4.31 Å². The number of ether oxygens (including phenoxy) is 1. The fourth-order valence-electron chi connectivity index (χ4n) is 3.10. The van der Waals surface area contributed by atoms with Crippen LogP contribution in [0, 0.1) is 0 Å². The number of halogens is 3. The van der Waals surface area contributed by atoms with Gasteiger partial charge >= 0.3 is 0 Å². The minimum atomic E-state index is -4.20. The fraction of sp³-hybridized carbons (Fsp3) is 0.208. The number of carbonyl (C=O) groups is 1. The van der Waals surface area contributed by atoms with E-state index in [4.69, 9.17) is 16.3 Å². The third-order valence-electron chi connectivity index (χ3n) is 4.81. The van der Waals surface area contributed by atoms with E-state index in [0.29, 0.717) is 15.2 Å². The molecule has 174 valence electrons. The molecule has 0 unspecified atom stereocenters. The number of unbranched alkanes of at least 4 members (excludes halogenated alkanes) is 1. The first-order chi connectivity index (χ1) is 15.7. The topological polar surface area (TPSA) is 63.7 Å². The molecular formula is C24H22Br2ClNO4S. The number of carbonyl (C=O) groups excluding carboxylic acids is 1. The highest BCUT2D eigenvalue weighted by atomic mass is 79.9. The number of aryl methyl sites for hydroxylation is 1. The van der Waals surface area contributed by atoms with E-state index in [9.17, 15) is 13.2 Å². The van der Waals surface area contributed by atoms with Crippen molar-refractivity contribution in [2.75, 3.05) is 10.9 Å². The molecule has 0 spiro atoms. The van der Waals surface area contributed by atoms with E-state index >= 15 is 0 Å². The van der Waals surface area contributed by atoms with Crippen molar-refractivity contribution < 1.29 is 17.9 Å². The number of hydrogen-bond donors (Lipinski definition) is 0. The normalized spacial score (nSPS) is 11.3. The Kier molecular flexibility index (Phi) is 8.98. The second kappa shape index (κ2) is 11.5. The zero-order valence-corrected chi connectivity index (χ0v) is 22.5. The summed E-state index contributed by atoms with van der Waals surface area (Å²) in [5.41, 5.74) is 1.32. The summed E-state index contributed by atoms with van der Waals surface area (Å²) < 4.78 is 34.8. The van der Waals surface area contributed by atoms with Gasteiger partial charge in [-0.3, -0.25) is 4.79 Å². The zero-order chi connectivity index (χ0) is 24.0. The summed E-state index contributed by atoms with van der Waals surface area (Å²) in [5.74, 6) is -0.300. The second-order valence-electron chi connectivity index (χ2n) is 7.25. The average molecular weight is 616 g/mol. The molecule has 0 aliphatic rings. The van der Waals surface area contributed by atoms with Crippen molar-refractivity contribution in [3.8, 4) is 5.75 Å². The maximum atomic E-state index is 13.5. The number of rotatable bonds is 9. The van der Waals surface area contributed by atoms with Crippen LogP contribution in [0.4, 0.5) is 5.69 Å². The molecular weight excluding hydrogens is 594 g/mol. The second-order valence-corrected chi connectivity index (χ2v) is 11.2. The molecule has 0 aromatic heterocycles. The van der Waals surface area contributed by atoms with Crippen LogP contribution in [0.3, 0.4) is 0 Å². The Morgan fingerprint density at radius 2 is 1.67 bits per heavy atom. The molecule has 0 heterocycles. The van der Waals surface area contributed by atoms with Crippen LogP contribution in [0.1, 0.15) is 25.3 Å². The van der Waals surface area contributed by atoms with Gasteiger partial charge in [0.05, 0.1) is 15.1 Å². The molecule has 9 heteroatoms. The molecule has 3 aromatic carbocycles. The lowest BCUT2D eigenvalue weighted by Gasteiger charge is -2.23. The van der Waals surface area contributed by atoms with Gasteiger partial charge in [0.15, 0.2) is 6.61 Å². The summed E-state index contributed by atoms with van der Waals surface area (Å²) in [6.45, 7) is 1.64. The van der Waals surface area contributed by atoms with Crippen molar-refractivity contribution in [3.63, 3.8) is 0 Å². The Labute approximate surface area is 216 Å². The third kappa shape index (κ3) is 6.59. The van der Waals surface area contributed by atoms with Gasteiger partial charge in [-0.15, -0.1) is 0 Å². The SMILES string of the molecule is CCCCc1ccc(N(C(=O)COc2ccc(Br)cc2Br)S(=O)(=O)c2ccc(Cl)cc2)cc1. The summed E-state index contributed by atoms with van der Waals surface area (Å²) in [6, 6.07) is 17.9. The van der Waals surface area contributed by atoms with Crippen LogP contribution in [0.15, 0.2) is 80.6 Å². The lowest BCUT2D eigenvalue weighted by molar-refractivity contribution is -0.119. The van der Waals surface area contributed by atoms with Gasteiger partial charge in [-0.1, -0.05) is 53.0 Å². The molecule has 0 atom stereocenters. The summed E-state index contributed by atoms with van der Waals surface area (Å²) in [4.78, 5) is 13.2. The Bertz CT molecular complexity index is 1220. The van der Waals surface area contributed by atoms with E-state index in [1.165, 1.54) is 24.3 Å². The summed E-state index contributed by atoms with van der Waals surface area (Å²) >= 11 is 12.7. The maximum absolute atomic E-state index is 13.5. The first-order valence-electron chi connectivity index (χ1n) is 10.2. The summed E-state index contributed by atoms with van der Waals surface area (Å²) in [6.07, 6.45) is 2.97. The molecule has 3 aromatic rings. The fourth-order valence-corrected chi connectivity index (χ4v) is 5.80. The molecule has 0 N–H and O–H groups in total. The monoisotopic (exact) mass is 613 g/mol. The number of anilines is 1. The summed E-state index contributed by atoms with van der Waals surface area (Å²) in [5, 5.41) is 0.399. The first kappa shape index (κ1) is 25.7. The lowest BCUT2D eigenvalue weighted by Crippen LogP contribution is -2.40. The first-order valence-corrected chi connectivity index (χ1v) is 13.6. The van der Waals surface area contributed by atoms with Crippen LogP contribution in [-0.4, -0.2) is 20.9 Å². The lowest BCUT2D eigenvalue weighted by atomic mass is 10.1. The highest BCUT2D eigenvalue weighted by Crippen LogP contribution is 2.29. The van der Waals surface area contributed by atoms with Gasteiger partial charge in [-0.25, -0.2) is 8.42 Å². The van der Waals surface area contributed by atoms with Crippen LogP contribution < -0.4 is 9.04 Å². The molecule has 0 aliphatic carbocycles. The Hall–Kier alpha value is -1.87. The van der Waals surface area contributed by atoms with Crippen molar-refractivity contribution >= 4 is 65.1 Å². The molecule has 3 rings (SSSR count). The van der Waals surface area contributed by atoms with E-state index in [1.807, 2.05) is 12.1 Å². The van der Waals surface area contributed by atoms with Gasteiger partial charge in [0, 0.05) is 9.50 Å². The van der Waals surface area contributed by atoms with Crippen LogP contribution in [-0.2, 0) is 21.2 Å². The predicted molar refractivity (Wildman–Crippen MR) is 139 cm³/mol. The van der Waals surface area contributed by atoms with Crippen molar-refractivity contribution in [2.45, 2.75) is 31.1 Å². The van der Waals surface area contributed by atoms with E-state index in [-0.39, 0.29) is 10.6 Å². The Morgan fingerprint density at radius 1 is 1.00 bits per heavy atom. The highest BCUT2D eigenvalue weighted by molar-refractivity contribution is 9.11. The van der Waals surface area contributed by atoms with E-state index in [0.717, 1.165) is 33.6 Å². The number of sulfonamides is 1. The maximum Gasteiger partial charge on any atom is 0.278 e. The average Bonchev–Trinajstić information content (AvgIpc) is 2.78. The summed E-state index contributed by atoms with van der Waals surface area (Å²) in [7, 11) is -4.20. The quantitative estimate of drug-likeness (QED) is 0.260. The molecule has 0 saturated carbocycles. The predicted octanol–water partition coefficient (Wildman–Crippen LogP) is 7.01. The van der Waals surface area contributed by atoms with Gasteiger partial charge in [0.1, 0.15) is 5.75 Å². The van der Waals surface area contributed by atoms with Gasteiger partial charge in [-0.05, 0) is 88.9 Å². The molecule has 33 heavy (non-hydrogen) atoms. The molecule has 0 fully saturated rings. The van der Waals surface area contributed by atoms with Gasteiger partial charge < -0.3 is 4.74 Å². The number of amides is 1. The smallest absolute Gasteiger partial charge is 0.278 e. The number of benzene rings is 3. The molecule has 0 aliphatic heterocycles. The van der Waals surface area contributed by atoms with Crippen molar-refractivity contribution in [1.82, 2.24) is 0 Å². The standard InChI is InChI=1S/C24H22Br2ClNO4S/c1-2-3-4-17-5-10-20(11-6-17)28(33(30,31)21-12-8-19(27)9-13-21)24(29)16-32-23-14-7-18(25)15-22(23)26/h5-15H,2-4,16H2,1H3. The van der Waals surface area contributed by atoms with Gasteiger partial charge in [0.25, 0.3) is 15.9 Å². The number of nitrogens with zero attached hydrogens (tertiary/aromatic N) is 1. The Morgan fingerprint density at radius 3 is 2.27 bits per heavy atom. The largest absolute Gasteiger partial charge is 0.483 e.